The molecule has 30 heavy (non-hydrogen) atoms. The molecule has 0 radical (unpaired) electrons. The van der Waals surface area contributed by atoms with Crippen molar-refractivity contribution in [2.24, 2.45) is 0 Å². The summed E-state index contributed by atoms with van der Waals surface area (Å²) in [6.45, 7) is 2.62. The van der Waals surface area contributed by atoms with Crippen LogP contribution in [0.5, 0.6) is 0 Å². The van der Waals surface area contributed by atoms with Crippen LogP contribution in [-0.4, -0.2) is 38.8 Å². The van der Waals surface area contributed by atoms with Crippen molar-refractivity contribution in [3.05, 3.63) is 59.7 Å². The van der Waals surface area contributed by atoms with E-state index in [0.717, 1.165) is 35.3 Å². The van der Waals surface area contributed by atoms with E-state index < -0.39 is 16.1 Å². The first-order valence-electron chi connectivity index (χ1n) is 10.2. The first-order chi connectivity index (χ1) is 14.3. The minimum absolute atomic E-state index is 0.00982. The Kier molecular flexibility index (Phi) is 7.12. The number of hydrogen-bond donors (Lipinski definition) is 2. The van der Waals surface area contributed by atoms with Gasteiger partial charge in [-0.1, -0.05) is 37.6 Å². The third kappa shape index (κ3) is 5.19. The number of hydrazine groups is 1. The van der Waals surface area contributed by atoms with Crippen LogP contribution in [0.1, 0.15) is 43.4 Å². The zero-order valence-corrected chi connectivity index (χ0v) is 18.2. The maximum atomic E-state index is 12.6. The van der Waals surface area contributed by atoms with Gasteiger partial charge in [0.05, 0.1) is 23.2 Å². The van der Waals surface area contributed by atoms with Gasteiger partial charge in [0.15, 0.2) is 0 Å². The number of carbonyl (C=O) groups excluding carboxylic acids is 1. The molecule has 7 nitrogen and oxygen atoms in total. The fraction of sp³-hybridized carbons (Fsp3) is 0.409. The van der Waals surface area contributed by atoms with Gasteiger partial charge < -0.3 is 5.11 Å². The van der Waals surface area contributed by atoms with Gasteiger partial charge in [-0.05, 0) is 55.3 Å². The Morgan fingerprint density at radius 3 is 2.30 bits per heavy atom. The molecule has 1 aliphatic rings. The third-order valence-electron chi connectivity index (χ3n) is 5.30. The van der Waals surface area contributed by atoms with E-state index in [1.54, 1.807) is 5.01 Å². The van der Waals surface area contributed by atoms with E-state index in [4.69, 9.17) is 0 Å². The van der Waals surface area contributed by atoms with Crippen molar-refractivity contribution in [3.8, 4) is 0 Å². The number of aliphatic hydroxyl groups is 1. The molecule has 1 saturated heterocycles. The molecule has 0 aromatic heterocycles. The van der Waals surface area contributed by atoms with Crippen molar-refractivity contribution in [1.82, 2.24) is 4.72 Å². The minimum Gasteiger partial charge on any atom is -0.388 e. The van der Waals surface area contributed by atoms with Crippen LogP contribution in [-0.2, 0) is 21.2 Å². The van der Waals surface area contributed by atoms with Crippen LogP contribution in [0.2, 0.25) is 0 Å². The summed E-state index contributed by atoms with van der Waals surface area (Å²) in [7, 11) is -1.85. The zero-order chi connectivity index (χ0) is 21.7. The molecule has 0 aliphatic carbocycles. The number of benzene rings is 2. The summed E-state index contributed by atoms with van der Waals surface area (Å²) in [6.07, 6.45) is 1.98. The summed E-state index contributed by atoms with van der Waals surface area (Å²) >= 11 is 0. The lowest BCUT2D eigenvalue weighted by molar-refractivity contribution is -0.117. The Hall–Kier alpha value is -2.42. The molecule has 1 aliphatic heterocycles. The fourth-order valence-corrected chi connectivity index (χ4v) is 4.25. The number of nitrogens with one attached hydrogen (secondary N) is 1. The molecule has 2 N–H and O–H groups in total. The number of hydrogen-bond acceptors (Lipinski definition) is 5. The van der Waals surface area contributed by atoms with Crippen molar-refractivity contribution in [1.29, 1.82) is 0 Å². The molecule has 3 rings (SSSR count). The molecule has 1 unspecified atom stereocenters. The van der Waals surface area contributed by atoms with Crippen LogP contribution < -0.4 is 14.7 Å². The van der Waals surface area contributed by atoms with Gasteiger partial charge in [-0.15, -0.1) is 0 Å². The quantitative estimate of drug-likeness (QED) is 0.637. The second kappa shape index (κ2) is 9.59. The molecular weight excluding hydrogens is 402 g/mol. The SMILES string of the molecule is CCCC(O)c1ccc(N2CCC(=O)N2c2ccc(CCS(=O)(=O)NC)cc2)cc1. The number of sulfonamides is 1. The highest BCUT2D eigenvalue weighted by Gasteiger charge is 2.30. The highest BCUT2D eigenvalue weighted by atomic mass is 32.2. The second-order valence-electron chi connectivity index (χ2n) is 7.41. The molecule has 0 saturated carbocycles. The lowest BCUT2D eigenvalue weighted by atomic mass is 10.1. The first kappa shape index (κ1) is 22.3. The second-order valence-corrected chi connectivity index (χ2v) is 9.46. The Morgan fingerprint density at radius 2 is 1.70 bits per heavy atom. The monoisotopic (exact) mass is 431 g/mol. The minimum atomic E-state index is -3.25. The number of carbonyl (C=O) groups is 1. The number of aryl methyl sites for hydroxylation is 1. The zero-order valence-electron chi connectivity index (χ0n) is 17.4. The van der Waals surface area contributed by atoms with Gasteiger partial charge in [-0.25, -0.2) is 18.1 Å². The largest absolute Gasteiger partial charge is 0.388 e. The van der Waals surface area contributed by atoms with Crippen molar-refractivity contribution in [2.75, 3.05) is 29.4 Å². The Labute approximate surface area is 178 Å². The Bertz CT molecular complexity index is 959. The first-order valence-corrected chi connectivity index (χ1v) is 11.9. The molecule has 2 aromatic carbocycles. The van der Waals surface area contributed by atoms with Crippen LogP contribution in [0.4, 0.5) is 11.4 Å². The molecule has 162 valence electrons. The van der Waals surface area contributed by atoms with Gasteiger partial charge >= 0.3 is 0 Å². The molecule has 8 heteroatoms. The van der Waals surface area contributed by atoms with E-state index in [-0.39, 0.29) is 11.7 Å². The summed E-state index contributed by atoms with van der Waals surface area (Å²) in [5, 5.41) is 13.8. The lowest BCUT2D eigenvalue weighted by Crippen LogP contribution is -2.39. The predicted molar refractivity (Wildman–Crippen MR) is 119 cm³/mol. The lowest BCUT2D eigenvalue weighted by Gasteiger charge is -2.30. The van der Waals surface area contributed by atoms with Gasteiger partial charge in [0.1, 0.15) is 0 Å². The van der Waals surface area contributed by atoms with Crippen LogP contribution in [0.25, 0.3) is 0 Å². The average Bonchev–Trinajstić information content (AvgIpc) is 3.14. The molecular formula is C22H29N3O4S. The van der Waals surface area contributed by atoms with Gasteiger partial charge in [0.25, 0.3) is 0 Å². The van der Waals surface area contributed by atoms with Crippen molar-refractivity contribution >= 4 is 27.3 Å². The maximum Gasteiger partial charge on any atom is 0.247 e. The smallest absolute Gasteiger partial charge is 0.247 e. The van der Waals surface area contributed by atoms with Gasteiger partial charge in [-0.3, -0.25) is 9.80 Å². The molecule has 1 atom stereocenters. The number of amides is 1. The van der Waals surface area contributed by atoms with E-state index in [1.165, 1.54) is 7.05 Å². The van der Waals surface area contributed by atoms with Crippen LogP contribution in [0.3, 0.4) is 0 Å². The molecule has 0 spiro atoms. The third-order valence-corrected chi connectivity index (χ3v) is 6.67. The number of nitrogens with zero attached hydrogens (tertiary/aromatic N) is 2. The number of anilines is 2. The van der Waals surface area contributed by atoms with E-state index in [0.29, 0.717) is 19.4 Å². The summed E-state index contributed by atoms with van der Waals surface area (Å²) in [5.41, 5.74) is 3.40. The average molecular weight is 432 g/mol. The number of rotatable bonds is 9. The highest BCUT2D eigenvalue weighted by molar-refractivity contribution is 7.89. The standard InChI is InChI=1S/C22H29N3O4S/c1-3-4-21(26)18-7-11-19(12-8-18)24-15-13-22(27)25(24)20-9-5-17(6-10-20)14-16-30(28,29)23-2/h5-12,21,23,26H,3-4,13-16H2,1-2H3. The summed E-state index contributed by atoms with van der Waals surface area (Å²) in [4.78, 5) is 12.6. The van der Waals surface area contributed by atoms with Crippen LogP contribution >= 0.6 is 0 Å². The Morgan fingerprint density at radius 1 is 1.07 bits per heavy atom. The van der Waals surface area contributed by atoms with Gasteiger partial charge in [-0.2, -0.15) is 0 Å². The highest BCUT2D eigenvalue weighted by Crippen LogP contribution is 2.30. The van der Waals surface area contributed by atoms with E-state index in [1.807, 2.05) is 60.5 Å². The van der Waals surface area contributed by atoms with Gasteiger partial charge in [0, 0.05) is 13.0 Å². The van der Waals surface area contributed by atoms with Crippen molar-refractivity contribution in [3.63, 3.8) is 0 Å². The molecule has 2 aromatic rings. The van der Waals surface area contributed by atoms with Crippen molar-refractivity contribution in [2.45, 2.75) is 38.7 Å². The summed E-state index contributed by atoms with van der Waals surface area (Å²) in [5.74, 6) is 0.0315. The van der Waals surface area contributed by atoms with E-state index in [9.17, 15) is 18.3 Å². The van der Waals surface area contributed by atoms with E-state index >= 15 is 0 Å². The summed E-state index contributed by atoms with van der Waals surface area (Å²) < 4.78 is 25.5. The molecule has 0 bridgehead atoms. The maximum absolute atomic E-state index is 12.6. The molecule has 1 heterocycles. The fourth-order valence-electron chi connectivity index (χ4n) is 3.54. The number of aliphatic hydroxyl groups excluding tert-OH is 1. The Balaban J connectivity index is 1.75. The summed E-state index contributed by atoms with van der Waals surface area (Å²) in [6, 6.07) is 15.1. The topological polar surface area (TPSA) is 90.0 Å². The molecule has 1 amide bonds. The van der Waals surface area contributed by atoms with Gasteiger partial charge in [0.2, 0.25) is 15.9 Å². The normalized spacial score (nSPS) is 15.6. The van der Waals surface area contributed by atoms with Crippen molar-refractivity contribution < 1.29 is 18.3 Å². The molecule has 1 fully saturated rings. The predicted octanol–water partition coefficient (Wildman–Crippen LogP) is 2.77. The van der Waals surface area contributed by atoms with Crippen LogP contribution in [0, 0.1) is 0 Å². The van der Waals surface area contributed by atoms with Crippen LogP contribution in [0.15, 0.2) is 48.5 Å². The van der Waals surface area contributed by atoms with E-state index in [2.05, 4.69) is 4.72 Å².